The van der Waals surface area contributed by atoms with Crippen LogP contribution < -0.4 is 0 Å². The molecule has 0 saturated heterocycles. The molecule has 21 heavy (non-hydrogen) atoms. The zero-order chi connectivity index (χ0) is 16.0. The largest absolute Gasteiger partial charge is 0.465 e. The molecule has 0 aliphatic carbocycles. The highest BCUT2D eigenvalue weighted by Crippen LogP contribution is 2.17. The fraction of sp³-hybridized carbons (Fsp3) is 0.385. The summed E-state index contributed by atoms with van der Waals surface area (Å²) in [6.45, 7) is 3.72. The smallest absolute Gasteiger partial charge is 0.322 e. The Hall–Kier alpha value is -1.45. The van der Waals surface area contributed by atoms with Crippen molar-refractivity contribution in [2.45, 2.75) is 13.8 Å². The molecule has 0 aromatic carbocycles. The Kier molecular flexibility index (Phi) is 6.79. The van der Waals surface area contributed by atoms with E-state index in [-0.39, 0.29) is 10.2 Å². The van der Waals surface area contributed by atoms with Crippen molar-refractivity contribution < 1.29 is 23.1 Å². The summed E-state index contributed by atoms with van der Waals surface area (Å²) in [7, 11) is 0. The van der Waals surface area contributed by atoms with Crippen molar-refractivity contribution in [1.82, 2.24) is 4.98 Å². The van der Waals surface area contributed by atoms with Crippen molar-refractivity contribution in [2.24, 2.45) is 10.9 Å². The number of hydrogen-bond acceptors (Lipinski definition) is 5. The van der Waals surface area contributed by atoms with Crippen LogP contribution in [0.4, 0.5) is 8.78 Å². The molecule has 1 aromatic heterocycles. The van der Waals surface area contributed by atoms with E-state index in [1.807, 2.05) is 0 Å². The molecule has 0 aliphatic rings. The molecular formula is C13H13F2IN2O3. The summed E-state index contributed by atoms with van der Waals surface area (Å²) < 4.78 is 31.5. The van der Waals surface area contributed by atoms with Crippen LogP contribution in [0.25, 0.3) is 0 Å². The van der Waals surface area contributed by atoms with E-state index in [9.17, 15) is 18.4 Å². The third-order valence-corrected chi connectivity index (χ3v) is 3.17. The molecule has 0 spiro atoms. The number of ether oxygens (including phenoxy) is 1. The second kappa shape index (κ2) is 8.11. The third-order valence-electron chi connectivity index (χ3n) is 2.41. The van der Waals surface area contributed by atoms with E-state index in [2.05, 4.69) is 9.98 Å². The Labute approximate surface area is 133 Å². The average molecular weight is 410 g/mol. The average Bonchev–Trinajstić information content (AvgIpc) is 2.43. The van der Waals surface area contributed by atoms with Crippen molar-refractivity contribution in [2.75, 3.05) is 13.2 Å². The number of halogens is 3. The quantitative estimate of drug-likeness (QED) is 0.181. The van der Waals surface area contributed by atoms with Crippen molar-refractivity contribution in [3.05, 3.63) is 27.1 Å². The van der Waals surface area contributed by atoms with Gasteiger partial charge in [0.1, 0.15) is 0 Å². The summed E-state index contributed by atoms with van der Waals surface area (Å²) >= 11 is 1.58. The molecular weight excluding hydrogens is 397 g/mol. The summed E-state index contributed by atoms with van der Waals surface area (Å²) in [6, 6.07) is 1.01. The molecule has 114 valence electrons. The van der Waals surface area contributed by atoms with E-state index in [4.69, 9.17) is 4.74 Å². The number of Topliss-reactive ketones (excluding diaryl/α,β-unsaturated/α-hetero) is 1. The van der Waals surface area contributed by atoms with Crippen molar-refractivity contribution >= 4 is 40.6 Å². The molecule has 8 heteroatoms. The summed E-state index contributed by atoms with van der Waals surface area (Å²) in [4.78, 5) is 30.9. The normalized spacial score (nSPS) is 12.4. The minimum atomic E-state index is -1.37. The molecule has 5 nitrogen and oxygen atoms in total. The van der Waals surface area contributed by atoms with Gasteiger partial charge in [0.2, 0.25) is 11.9 Å². The molecule has 1 heterocycles. The van der Waals surface area contributed by atoms with Gasteiger partial charge in [-0.25, -0.2) is 0 Å². The molecule has 0 bridgehead atoms. The summed E-state index contributed by atoms with van der Waals surface area (Å²) in [6.07, 6.45) is 1.11. The van der Waals surface area contributed by atoms with E-state index >= 15 is 0 Å². The second-order valence-corrected chi connectivity index (χ2v) is 5.00. The van der Waals surface area contributed by atoms with E-state index < -0.39 is 35.1 Å². The Morgan fingerprint density at radius 3 is 2.67 bits per heavy atom. The SMILES string of the molecule is CCN=CC(C(=O)OCC)C(=O)c1cc(I)c(F)nc1F. The zero-order valence-electron chi connectivity index (χ0n) is 11.4. The van der Waals surface area contributed by atoms with Crippen molar-refractivity contribution in [3.8, 4) is 0 Å². The van der Waals surface area contributed by atoms with E-state index in [1.165, 1.54) is 0 Å². The predicted molar refractivity (Wildman–Crippen MR) is 80.4 cm³/mol. The van der Waals surface area contributed by atoms with Gasteiger partial charge in [0, 0.05) is 12.8 Å². The third kappa shape index (κ3) is 4.51. The number of rotatable bonds is 6. The first-order valence-electron chi connectivity index (χ1n) is 6.14. The maximum absolute atomic E-state index is 13.6. The number of nitrogens with zero attached hydrogens (tertiary/aromatic N) is 2. The highest BCUT2D eigenvalue weighted by Gasteiger charge is 2.30. The molecule has 0 fully saturated rings. The maximum atomic E-state index is 13.6. The topological polar surface area (TPSA) is 68.6 Å². The fourth-order valence-electron chi connectivity index (χ4n) is 1.46. The van der Waals surface area contributed by atoms with Gasteiger partial charge in [-0.15, -0.1) is 0 Å². The zero-order valence-corrected chi connectivity index (χ0v) is 13.6. The van der Waals surface area contributed by atoms with Crippen molar-refractivity contribution in [1.29, 1.82) is 0 Å². The number of carbonyl (C=O) groups is 2. The first kappa shape index (κ1) is 17.6. The van der Waals surface area contributed by atoms with Gasteiger partial charge in [-0.1, -0.05) is 0 Å². The van der Waals surface area contributed by atoms with Gasteiger partial charge in [0.05, 0.1) is 15.7 Å². The summed E-state index contributed by atoms with van der Waals surface area (Å²) in [5, 5.41) is 0. The van der Waals surface area contributed by atoms with Gasteiger partial charge in [0.15, 0.2) is 11.7 Å². The number of esters is 1. The van der Waals surface area contributed by atoms with Crippen LogP contribution >= 0.6 is 22.6 Å². The molecule has 0 saturated carbocycles. The second-order valence-electron chi connectivity index (χ2n) is 3.84. The van der Waals surface area contributed by atoms with Gasteiger partial charge in [0.25, 0.3) is 0 Å². The minimum Gasteiger partial charge on any atom is -0.465 e. The molecule has 1 unspecified atom stereocenters. The van der Waals surface area contributed by atoms with Crippen molar-refractivity contribution in [3.63, 3.8) is 0 Å². The van der Waals surface area contributed by atoms with Gasteiger partial charge in [-0.2, -0.15) is 13.8 Å². The van der Waals surface area contributed by atoms with Gasteiger partial charge < -0.3 is 4.74 Å². The van der Waals surface area contributed by atoms with Gasteiger partial charge >= 0.3 is 5.97 Å². The van der Waals surface area contributed by atoms with Crippen LogP contribution in [0.2, 0.25) is 0 Å². The van der Waals surface area contributed by atoms with E-state index in [0.29, 0.717) is 6.54 Å². The number of carbonyl (C=O) groups excluding carboxylic acids is 2. The lowest BCUT2D eigenvalue weighted by atomic mass is 9.99. The number of pyridine rings is 1. The first-order chi connectivity index (χ1) is 9.92. The van der Waals surface area contributed by atoms with Crippen LogP contribution in [-0.2, 0) is 9.53 Å². The molecule has 0 aliphatic heterocycles. The Balaban J connectivity index is 3.19. The lowest BCUT2D eigenvalue weighted by molar-refractivity contribution is -0.143. The number of ketones is 1. The van der Waals surface area contributed by atoms with Crippen LogP contribution in [0.3, 0.4) is 0 Å². The summed E-state index contributed by atoms with van der Waals surface area (Å²) in [5.74, 6) is -5.36. The lowest BCUT2D eigenvalue weighted by Crippen LogP contribution is -2.29. The first-order valence-corrected chi connectivity index (χ1v) is 7.22. The van der Waals surface area contributed by atoms with Crippen LogP contribution in [0.15, 0.2) is 11.1 Å². The number of aromatic nitrogens is 1. The van der Waals surface area contributed by atoms with Crippen LogP contribution in [0.1, 0.15) is 24.2 Å². The highest BCUT2D eigenvalue weighted by molar-refractivity contribution is 14.1. The number of hydrogen-bond donors (Lipinski definition) is 0. The van der Waals surface area contributed by atoms with Crippen LogP contribution in [-0.4, -0.2) is 36.1 Å². The molecule has 1 rings (SSSR count). The molecule has 0 radical (unpaired) electrons. The maximum Gasteiger partial charge on any atom is 0.322 e. The van der Waals surface area contributed by atoms with E-state index in [1.54, 1.807) is 36.4 Å². The van der Waals surface area contributed by atoms with Gasteiger partial charge in [-0.05, 0) is 42.5 Å². The Bertz CT molecular complexity index is 579. The highest BCUT2D eigenvalue weighted by atomic mass is 127. The Morgan fingerprint density at radius 1 is 1.43 bits per heavy atom. The summed E-state index contributed by atoms with van der Waals surface area (Å²) in [5.41, 5.74) is -0.471. The molecule has 1 aromatic rings. The monoisotopic (exact) mass is 410 g/mol. The van der Waals surface area contributed by atoms with Crippen LogP contribution in [0.5, 0.6) is 0 Å². The molecule has 0 amide bonds. The minimum absolute atomic E-state index is 0.0209. The Morgan fingerprint density at radius 2 is 2.10 bits per heavy atom. The fourth-order valence-corrected chi connectivity index (χ4v) is 1.90. The molecule has 1 atom stereocenters. The van der Waals surface area contributed by atoms with E-state index in [0.717, 1.165) is 12.3 Å². The predicted octanol–water partition coefficient (Wildman–Crippen LogP) is 2.42. The number of aliphatic imine (C=N–C) groups is 1. The molecule has 0 N–H and O–H groups in total. The lowest BCUT2D eigenvalue weighted by Gasteiger charge is -2.11. The standard InChI is InChI=1S/C13H13F2IN2O3/c1-3-17-6-8(13(20)21-4-2)10(19)7-5-9(16)12(15)18-11(7)14/h5-6,8H,3-4H2,1-2H3. The van der Waals surface area contributed by atoms with Crippen LogP contribution in [0, 0.1) is 21.4 Å². The van der Waals surface area contributed by atoms with Gasteiger partial charge in [-0.3, -0.25) is 14.6 Å².